The highest BCUT2D eigenvalue weighted by molar-refractivity contribution is 5.87. The standard InChI is InChI=1S/C18H23N3O/c1-14-8-4-5-9-15(14)17(16-10-6-7-11-19-16)18(22)20-12-13-21(2)3/h4-11,17H,12-13H2,1-3H3,(H,20,22). The van der Waals surface area contributed by atoms with Crippen molar-refractivity contribution in [2.45, 2.75) is 12.8 Å². The van der Waals surface area contributed by atoms with Crippen LogP contribution < -0.4 is 5.32 Å². The maximum atomic E-state index is 12.7. The van der Waals surface area contributed by atoms with E-state index in [0.29, 0.717) is 6.54 Å². The minimum absolute atomic E-state index is 0.00477. The molecule has 1 amide bonds. The largest absolute Gasteiger partial charge is 0.354 e. The van der Waals surface area contributed by atoms with Crippen molar-refractivity contribution in [1.82, 2.24) is 15.2 Å². The average Bonchev–Trinajstić information content (AvgIpc) is 2.50. The summed E-state index contributed by atoms with van der Waals surface area (Å²) in [6.07, 6.45) is 1.73. The van der Waals surface area contributed by atoms with E-state index in [-0.39, 0.29) is 11.8 Å². The average molecular weight is 297 g/mol. The lowest BCUT2D eigenvalue weighted by Crippen LogP contribution is -2.35. The van der Waals surface area contributed by atoms with Crippen LogP contribution >= 0.6 is 0 Å². The van der Waals surface area contributed by atoms with Crippen molar-refractivity contribution in [1.29, 1.82) is 0 Å². The number of rotatable bonds is 6. The van der Waals surface area contributed by atoms with Crippen LogP contribution in [0.3, 0.4) is 0 Å². The monoisotopic (exact) mass is 297 g/mol. The molecule has 2 aromatic rings. The zero-order valence-corrected chi connectivity index (χ0v) is 13.4. The van der Waals surface area contributed by atoms with Crippen molar-refractivity contribution >= 4 is 5.91 Å². The number of aryl methyl sites for hydroxylation is 1. The Bertz CT molecular complexity index is 611. The van der Waals surface area contributed by atoms with Gasteiger partial charge in [0.1, 0.15) is 5.92 Å². The highest BCUT2D eigenvalue weighted by atomic mass is 16.1. The lowest BCUT2D eigenvalue weighted by Gasteiger charge is -2.19. The molecule has 0 spiro atoms. The summed E-state index contributed by atoms with van der Waals surface area (Å²) in [5, 5.41) is 3.02. The lowest BCUT2D eigenvalue weighted by atomic mass is 9.91. The molecular weight excluding hydrogens is 274 g/mol. The number of hydrogen-bond donors (Lipinski definition) is 1. The second kappa shape index (κ2) is 7.71. The van der Waals surface area contributed by atoms with Crippen LogP contribution in [0, 0.1) is 6.92 Å². The van der Waals surface area contributed by atoms with Crippen LogP contribution in [0.4, 0.5) is 0 Å². The first kappa shape index (κ1) is 16.2. The van der Waals surface area contributed by atoms with Crippen molar-refractivity contribution in [3.05, 3.63) is 65.5 Å². The predicted molar refractivity (Wildman–Crippen MR) is 88.8 cm³/mol. The number of pyridine rings is 1. The van der Waals surface area contributed by atoms with Crippen molar-refractivity contribution in [2.24, 2.45) is 0 Å². The third-order valence-corrected chi connectivity index (χ3v) is 3.60. The highest BCUT2D eigenvalue weighted by Gasteiger charge is 2.24. The predicted octanol–water partition coefficient (Wildman–Crippen LogP) is 2.20. The molecule has 0 saturated carbocycles. The van der Waals surface area contributed by atoms with Crippen LogP contribution in [0.25, 0.3) is 0 Å². The lowest BCUT2D eigenvalue weighted by molar-refractivity contribution is -0.121. The Morgan fingerprint density at radius 1 is 1.18 bits per heavy atom. The fraction of sp³-hybridized carbons (Fsp3) is 0.333. The minimum atomic E-state index is -0.371. The van der Waals surface area contributed by atoms with Crippen LogP contribution in [0.15, 0.2) is 48.7 Å². The van der Waals surface area contributed by atoms with Crippen molar-refractivity contribution in [3.63, 3.8) is 0 Å². The second-order valence-electron chi connectivity index (χ2n) is 5.64. The molecule has 22 heavy (non-hydrogen) atoms. The molecule has 0 bridgehead atoms. The number of benzene rings is 1. The van der Waals surface area contributed by atoms with Crippen molar-refractivity contribution in [2.75, 3.05) is 27.2 Å². The first-order chi connectivity index (χ1) is 10.6. The molecule has 1 N–H and O–H groups in total. The van der Waals surface area contributed by atoms with E-state index >= 15 is 0 Å². The Balaban J connectivity index is 2.27. The van der Waals surface area contributed by atoms with Gasteiger partial charge in [0.05, 0.1) is 5.69 Å². The molecule has 2 rings (SSSR count). The second-order valence-corrected chi connectivity index (χ2v) is 5.64. The topological polar surface area (TPSA) is 45.2 Å². The summed E-state index contributed by atoms with van der Waals surface area (Å²) < 4.78 is 0. The number of carbonyl (C=O) groups excluding carboxylic acids is 1. The summed E-state index contributed by atoms with van der Waals surface area (Å²) in [4.78, 5) is 19.1. The molecule has 0 aliphatic heterocycles. The Kier molecular flexibility index (Phi) is 5.67. The van der Waals surface area contributed by atoms with Gasteiger partial charge >= 0.3 is 0 Å². The van der Waals surface area contributed by atoms with Gasteiger partial charge in [-0.25, -0.2) is 0 Å². The van der Waals surface area contributed by atoms with Gasteiger partial charge in [0.25, 0.3) is 0 Å². The maximum Gasteiger partial charge on any atom is 0.233 e. The SMILES string of the molecule is Cc1ccccc1C(C(=O)NCCN(C)C)c1ccccn1. The van der Waals surface area contributed by atoms with Gasteiger partial charge in [-0.05, 0) is 44.3 Å². The highest BCUT2D eigenvalue weighted by Crippen LogP contribution is 2.25. The van der Waals surface area contributed by atoms with Gasteiger partial charge < -0.3 is 10.2 Å². The zero-order valence-electron chi connectivity index (χ0n) is 13.4. The summed E-state index contributed by atoms with van der Waals surface area (Å²) >= 11 is 0. The van der Waals surface area contributed by atoms with Gasteiger partial charge in [0.2, 0.25) is 5.91 Å². The summed E-state index contributed by atoms with van der Waals surface area (Å²) in [6.45, 7) is 3.47. The molecule has 1 unspecified atom stereocenters. The summed E-state index contributed by atoms with van der Waals surface area (Å²) in [6, 6.07) is 13.7. The van der Waals surface area contributed by atoms with E-state index < -0.39 is 0 Å². The molecule has 116 valence electrons. The van der Waals surface area contributed by atoms with E-state index in [0.717, 1.165) is 23.4 Å². The molecule has 1 atom stereocenters. The van der Waals surface area contributed by atoms with E-state index in [9.17, 15) is 4.79 Å². The van der Waals surface area contributed by atoms with Crippen LogP contribution in [0.5, 0.6) is 0 Å². The molecule has 0 fully saturated rings. The first-order valence-corrected chi connectivity index (χ1v) is 7.48. The van der Waals surface area contributed by atoms with Crippen LogP contribution in [0.2, 0.25) is 0 Å². The van der Waals surface area contributed by atoms with Gasteiger partial charge in [-0.2, -0.15) is 0 Å². The smallest absolute Gasteiger partial charge is 0.233 e. The molecule has 0 aliphatic rings. The summed E-state index contributed by atoms with van der Waals surface area (Å²) in [5.74, 6) is -0.376. The third kappa shape index (κ3) is 4.15. The summed E-state index contributed by atoms with van der Waals surface area (Å²) in [7, 11) is 3.98. The number of hydrogen-bond acceptors (Lipinski definition) is 3. The first-order valence-electron chi connectivity index (χ1n) is 7.48. The Labute approximate surface area is 132 Å². The molecule has 1 aromatic heterocycles. The molecule has 0 aliphatic carbocycles. The molecule has 0 saturated heterocycles. The van der Waals surface area contributed by atoms with E-state index in [1.165, 1.54) is 0 Å². The van der Waals surface area contributed by atoms with Gasteiger partial charge in [-0.15, -0.1) is 0 Å². The number of aromatic nitrogens is 1. The van der Waals surface area contributed by atoms with Gasteiger partial charge in [0.15, 0.2) is 0 Å². The van der Waals surface area contributed by atoms with Crippen molar-refractivity contribution in [3.8, 4) is 0 Å². The van der Waals surface area contributed by atoms with E-state index in [1.807, 2.05) is 68.4 Å². The quantitative estimate of drug-likeness (QED) is 0.889. The fourth-order valence-corrected chi connectivity index (χ4v) is 2.40. The van der Waals surface area contributed by atoms with Gasteiger partial charge in [0, 0.05) is 19.3 Å². The third-order valence-electron chi connectivity index (χ3n) is 3.60. The van der Waals surface area contributed by atoms with Crippen LogP contribution in [-0.2, 0) is 4.79 Å². The Morgan fingerprint density at radius 3 is 2.55 bits per heavy atom. The molecule has 4 heteroatoms. The molecule has 1 aromatic carbocycles. The maximum absolute atomic E-state index is 12.7. The molecular formula is C18H23N3O. The molecule has 0 radical (unpaired) electrons. The van der Waals surface area contributed by atoms with Crippen molar-refractivity contribution < 1.29 is 4.79 Å². The van der Waals surface area contributed by atoms with Gasteiger partial charge in [-0.3, -0.25) is 9.78 Å². The Hall–Kier alpha value is -2.20. The number of nitrogens with one attached hydrogen (secondary N) is 1. The fourth-order valence-electron chi connectivity index (χ4n) is 2.40. The Morgan fingerprint density at radius 2 is 1.91 bits per heavy atom. The molecule has 1 heterocycles. The summed E-state index contributed by atoms with van der Waals surface area (Å²) in [5.41, 5.74) is 2.88. The zero-order chi connectivity index (χ0) is 15.9. The number of carbonyl (C=O) groups is 1. The van der Waals surface area contributed by atoms with Crippen LogP contribution in [-0.4, -0.2) is 43.0 Å². The minimum Gasteiger partial charge on any atom is -0.354 e. The number of amides is 1. The van der Waals surface area contributed by atoms with Gasteiger partial charge in [-0.1, -0.05) is 30.3 Å². The molecule has 4 nitrogen and oxygen atoms in total. The van der Waals surface area contributed by atoms with E-state index in [4.69, 9.17) is 0 Å². The van der Waals surface area contributed by atoms with Crippen LogP contribution in [0.1, 0.15) is 22.7 Å². The van der Waals surface area contributed by atoms with E-state index in [1.54, 1.807) is 6.20 Å². The number of likely N-dealkylation sites (N-methyl/N-ethyl adjacent to an activating group) is 1. The normalized spacial score (nSPS) is 12.2. The van der Waals surface area contributed by atoms with E-state index in [2.05, 4.69) is 10.3 Å². The number of nitrogens with zero attached hydrogens (tertiary/aromatic N) is 2.